The number of hydrogen-bond donors (Lipinski definition) is 0. The van der Waals surface area contributed by atoms with Crippen molar-refractivity contribution in [1.82, 2.24) is 0 Å². The Morgan fingerprint density at radius 1 is 1.30 bits per heavy atom. The van der Waals surface area contributed by atoms with E-state index in [0.29, 0.717) is 25.2 Å². The lowest BCUT2D eigenvalue weighted by Crippen LogP contribution is -2.10. The fourth-order valence-electron chi connectivity index (χ4n) is 1.42. The zero-order valence-electron chi connectivity index (χ0n) is 11.9. The highest BCUT2D eigenvalue weighted by molar-refractivity contribution is 5.87. The number of carbonyl (C=O) groups is 1. The molecule has 0 atom stereocenters. The molecule has 20 heavy (non-hydrogen) atoms. The van der Waals surface area contributed by atoms with Crippen molar-refractivity contribution in [2.24, 2.45) is 0 Å². The summed E-state index contributed by atoms with van der Waals surface area (Å²) in [5, 5.41) is 0. The van der Waals surface area contributed by atoms with Crippen molar-refractivity contribution < 1.29 is 19.0 Å². The van der Waals surface area contributed by atoms with Crippen molar-refractivity contribution >= 4 is 5.97 Å². The number of benzene rings is 1. The predicted molar refractivity (Wildman–Crippen MR) is 77.4 cm³/mol. The average Bonchev–Trinajstić information content (AvgIpc) is 2.45. The first-order valence-electron chi connectivity index (χ1n) is 6.34. The minimum absolute atomic E-state index is 0.375. The van der Waals surface area contributed by atoms with Crippen molar-refractivity contribution in [1.29, 1.82) is 0 Å². The summed E-state index contributed by atoms with van der Waals surface area (Å²) in [6.07, 6.45) is 1.83. The van der Waals surface area contributed by atoms with Crippen LogP contribution in [0.1, 0.15) is 13.3 Å². The molecule has 1 rings (SSSR count). The van der Waals surface area contributed by atoms with Gasteiger partial charge in [-0.1, -0.05) is 24.8 Å². The number of carbonyl (C=O) groups excluding carboxylic acids is 1. The Morgan fingerprint density at radius 2 is 2.00 bits per heavy atom. The molecule has 0 aliphatic heterocycles. The fourth-order valence-corrected chi connectivity index (χ4v) is 1.42. The summed E-state index contributed by atoms with van der Waals surface area (Å²) in [6.45, 7) is 6.33. The Morgan fingerprint density at radius 3 is 2.60 bits per heavy atom. The maximum Gasteiger partial charge on any atom is 0.336 e. The van der Waals surface area contributed by atoms with Crippen LogP contribution in [-0.4, -0.2) is 26.3 Å². The summed E-state index contributed by atoms with van der Waals surface area (Å²) >= 11 is 0. The van der Waals surface area contributed by atoms with Crippen LogP contribution in [0.5, 0.6) is 5.75 Å². The molecule has 1 aromatic carbocycles. The van der Waals surface area contributed by atoms with Crippen LogP contribution in [0.4, 0.5) is 0 Å². The van der Waals surface area contributed by atoms with Gasteiger partial charge in [0.1, 0.15) is 12.4 Å². The summed E-state index contributed by atoms with van der Waals surface area (Å²) in [4.78, 5) is 11.6. The number of hydrogen-bond acceptors (Lipinski definition) is 4. The molecular formula is C16H20O4. The number of ether oxygens (including phenoxy) is 3. The van der Waals surface area contributed by atoms with Crippen LogP contribution in [-0.2, 0) is 14.3 Å². The average molecular weight is 276 g/mol. The van der Waals surface area contributed by atoms with Crippen LogP contribution < -0.4 is 4.74 Å². The van der Waals surface area contributed by atoms with E-state index in [4.69, 9.17) is 14.2 Å². The van der Waals surface area contributed by atoms with Crippen molar-refractivity contribution in [3.05, 3.63) is 54.3 Å². The van der Waals surface area contributed by atoms with Gasteiger partial charge in [-0.15, -0.1) is 0 Å². The van der Waals surface area contributed by atoms with E-state index in [1.54, 1.807) is 0 Å². The van der Waals surface area contributed by atoms with Gasteiger partial charge in [-0.3, -0.25) is 0 Å². The van der Waals surface area contributed by atoms with E-state index in [-0.39, 0.29) is 0 Å². The Bertz CT molecular complexity index is 463. The summed E-state index contributed by atoms with van der Waals surface area (Å²) < 4.78 is 15.5. The number of para-hydroxylation sites is 1. The van der Waals surface area contributed by atoms with Crippen LogP contribution in [0.25, 0.3) is 0 Å². The smallest absolute Gasteiger partial charge is 0.336 e. The summed E-state index contributed by atoms with van der Waals surface area (Å²) in [6, 6.07) is 9.42. The molecule has 0 aliphatic carbocycles. The molecule has 0 saturated carbocycles. The molecular weight excluding hydrogens is 256 g/mol. The molecule has 0 heterocycles. The zero-order valence-corrected chi connectivity index (χ0v) is 11.9. The van der Waals surface area contributed by atoms with Gasteiger partial charge >= 0.3 is 5.97 Å². The predicted octanol–water partition coefficient (Wildman–Crippen LogP) is 3.11. The van der Waals surface area contributed by atoms with Gasteiger partial charge in [0.25, 0.3) is 0 Å². The fraction of sp³-hybridized carbons (Fsp3) is 0.312. The Kier molecular flexibility index (Phi) is 6.96. The lowest BCUT2D eigenvalue weighted by molar-refractivity contribution is -0.136. The van der Waals surface area contributed by atoms with E-state index < -0.39 is 5.97 Å². The molecule has 0 radical (unpaired) electrons. The van der Waals surface area contributed by atoms with E-state index in [9.17, 15) is 4.79 Å². The molecule has 0 fully saturated rings. The SMILES string of the molecule is C=C(C)COC=C(CCOc1ccccc1)C(=O)OC. The normalized spacial score (nSPS) is 10.8. The van der Waals surface area contributed by atoms with Gasteiger partial charge in [0, 0.05) is 6.42 Å². The third-order valence-electron chi connectivity index (χ3n) is 2.39. The van der Waals surface area contributed by atoms with Gasteiger partial charge in [0.15, 0.2) is 0 Å². The van der Waals surface area contributed by atoms with Gasteiger partial charge in [0.2, 0.25) is 0 Å². The largest absolute Gasteiger partial charge is 0.496 e. The molecule has 0 N–H and O–H groups in total. The van der Waals surface area contributed by atoms with Crippen LogP contribution >= 0.6 is 0 Å². The molecule has 4 nitrogen and oxygen atoms in total. The number of esters is 1. The van der Waals surface area contributed by atoms with E-state index in [2.05, 4.69) is 6.58 Å². The van der Waals surface area contributed by atoms with Crippen LogP contribution in [0, 0.1) is 0 Å². The molecule has 0 aliphatic rings. The second-order valence-electron chi connectivity index (χ2n) is 4.31. The molecule has 0 saturated heterocycles. The molecule has 0 bridgehead atoms. The van der Waals surface area contributed by atoms with Crippen molar-refractivity contribution in [3.8, 4) is 5.75 Å². The topological polar surface area (TPSA) is 44.8 Å². The van der Waals surface area contributed by atoms with E-state index >= 15 is 0 Å². The van der Waals surface area contributed by atoms with Crippen LogP contribution in [0.15, 0.2) is 54.3 Å². The first-order chi connectivity index (χ1) is 9.63. The van der Waals surface area contributed by atoms with Crippen molar-refractivity contribution in [2.75, 3.05) is 20.3 Å². The van der Waals surface area contributed by atoms with E-state index in [1.807, 2.05) is 37.3 Å². The Labute approximate surface area is 119 Å². The second-order valence-corrected chi connectivity index (χ2v) is 4.31. The van der Waals surface area contributed by atoms with Gasteiger partial charge < -0.3 is 14.2 Å². The van der Waals surface area contributed by atoms with Crippen molar-refractivity contribution in [3.63, 3.8) is 0 Å². The highest BCUT2D eigenvalue weighted by Gasteiger charge is 2.10. The molecule has 0 spiro atoms. The van der Waals surface area contributed by atoms with Gasteiger partial charge in [0.05, 0.1) is 25.6 Å². The lowest BCUT2D eigenvalue weighted by Gasteiger charge is -2.08. The molecule has 0 unspecified atom stereocenters. The number of rotatable bonds is 8. The minimum Gasteiger partial charge on any atom is -0.496 e. The highest BCUT2D eigenvalue weighted by atomic mass is 16.5. The molecule has 0 aromatic heterocycles. The monoisotopic (exact) mass is 276 g/mol. The van der Waals surface area contributed by atoms with Gasteiger partial charge in [-0.25, -0.2) is 4.79 Å². The molecule has 4 heteroatoms. The Hall–Kier alpha value is -2.23. The maximum absolute atomic E-state index is 11.6. The summed E-state index contributed by atoms with van der Waals surface area (Å²) in [5.74, 6) is 0.350. The molecule has 108 valence electrons. The summed E-state index contributed by atoms with van der Waals surface area (Å²) in [5.41, 5.74) is 1.32. The highest BCUT2D eigenvalue weighted by Crippen LogP contribution is 2.11. The molecule has 0 amide bonds. The zero-order chi connectivity index (χ0) is 14.8. The van der Waals surface area contributed by atoms with Crippen molar-refractivity contribution in [2.45, 2.75) is 13.3 Å². The first kappa shape index (κ1) is 15.8. The second kappa shape index (κ2) is 8.80. The third kappa shape index (κ3) is 6.09. The first-order valence-corrected chi connectivity index (χ1v) is 6.34. The van der Waals surface area contributed by atoms with Crippen LogP contribution in [0.2, 0.25) is 0 Å². The minimum atomic E-state index is -0.414. The molecule has 1 aromatic rings. The van der Waals surface area contributed by atoms with E-state index in [1.165, 1.54) is 13.4 Å². The third-order valence-corrected chi connectivity index (χ3v) is 2.39. The Balaban J connectivity index is 2.48. The summed E-state index contributed by atoms with van der Waals surface area (Å²) in [7, 11) is 1.34. The van der Waals surface area contributed by atoms with Crippen LogP contribution in [0.3, 0.4) is 0 Å². The van der Waals surface area contributed by atoms with E-state index in [0.717, 1.165) is 11.3 Å². The lowest BCUT2D eigenvalue weighted by atomic mass is 10.2. The quantitative estimate of drug-likeness (QED) is 0.317. The number of methoxy groups -OCH3 is 1. The standard InChI is InChI=1S/C16H20O4/c1-13(2)11-19-12-14(16(17)18-3)9-10-20-15-7-5-4-6-8-15/h4-8,12H,1,9-11H2,2-3H3. The van der Waals surface area contributed by atoms with Gasteiger partial charge in [-0.05, 0) is 24.6 Å². The maximum atomic E-state index is 11.6. The van der Waals surface area contributed by atoms with Gasteiger partial charge in [-0.2, -0.15) is 0 Å².